The number of ketones is 1. The number of ether oxygens (including phenoxy) is 2. The lowest BCUT2D eigenvalue weighted by Crippen LogP contribution is -2.57. The highest BCUT2D eigenvalue weighted by Gasteiger charge is 2.47. The van der Waals surface area contributed by atoms with E-state index in [1.807, 2.05) is 24.3 Å². The predicted octanol–water partition coefficient (Wildman–Crippen LogP) is 1.71. The second-order valence-corrected chi connectivity index (χ2v) is 10.4. The molecule has 1 spiro atoms. The number of benzene rings is 2. The Hall–Kier alpha value is -2.81. The molecule has 0 unspecified atom stereocenters. The van der Waals surface area contributed by atoms with Crippen LogP contribution >= 0.6 is 0 Å². The van der Waals surface area contributed by atoms with Crippen LogP contribution in [0.4, 0.5) is 11.4 Å². The molecule has 7 rings (SSSR count). The number of nitrogen functional groups attached to an aromatic ring is 1. The third-order valence-electron chi connectivity index (χ3n) is 8.59. The number of nitrogens with zero attached hydrogens (tertiary/aromatic N) is 2. The van der Waals surface area contributed by atoms with Crippen molar-refractivity contribution in [1.29, 1.82) is 0 Å². The molecule has 8 heteroatoms. The van der Waals surface area contributed by atoms with Crippen molar-refractivity contribution < 1.29 is 14.3 Å². The van der Waals surface area contributed by atoms with Crippen LogP contribution in [0.15, 0.2) is 30.3 Å². The van der Waals surface area contributed by atoms with Gasteiger partial charge in [-0.1, -0.05) is 17.6 Å². The first-order valence-electron chi connectivity index (χ1n) is 12.6. The standard InChI is InChI=1S/C27H29BN4O3/c28-21-12-19-20(13-23(21)32-7-5-31(6-8-32)17-14-35-15-17)27(3-9-34-10-4-27)26-24(25(19)33)18-2-1-16(29)11-22(18)30-26/h1-2,11-13,17,30H,3-10,14-15,29H2. The molecule has 4 aliphatic rings. The zero-order valence-corrected chi connectivity index (χ0v) is 19.8. The smallest absolute Gasteiger partial charge is 0.195 e. The number of nitrogens with two attached hydrogens (primary N) is 1. The maximum Gasteiger partial charge on any atom is 0.195 e. The Labute approximate surface area is 206 Å². The summed E-state index contributed by atoms with van der Waals surface area (Å²) in [4.78, 5) is 22.4. The lowest BCUT2D eigenvalue weighted by atomic mass is 9.64. The van der Waals surface area contributed by atoms with Gasteiger partial charge >= 0.3 is 0 Å². The fourth-order valence-corrected chi connectivity index (χ4v) is 6.54. The van der Waals surface area contributed by atoms with Crippen molar-refractivity contribution in [2.24, 2.45) is 0 Å². The van der Waals surface area contributed by atoms with Gasteiger partial charge in [0.05, 0.1) is 24.8 Å². The first kappa shape index (κ1) is 21.5. The minimum atomic E-state index is -0.307. The highest BCUT2D eigenvalue weighted by atomic mass is 16.5. The lowest BCUT2D eigenvalue weighted by Gasteiger charge is -2.45. The third kappa shape index (κ3) is 3.13. The summed E-state index contributed by atoms with van der Waals surface area (Å²) in [6.07, 6.45) is 1.64. The fourth-order valence-electron chi connectivity index (χ4n) is 6.54. The SMILES string of the molecule is [B]c1cc2c(cc1N1CCN(C3COC3)CC1)C1(CCOCC1)c1[nH]c3cc(N)ccc3c1C2=O. The largest absolute Gasteiger partial charge is 0.399 e. The van der Waals surface area contributed by atoms with Crippen LogP contribution in [0.25, 0.3) is 10.9 Å². The summed E-state index contributed by atoms with van der Waals surface area (Å²) in [6, 6.07) is 10.4. The Morgan fingerprint density at radius 1 is 1.03 bits per heavy atom. The molecule has 1 aromatic heterocycles. The Bertz CT molecular complexity index is 1330. The summed E-state index contributed by atoms with van der Waals surface area (Å²) in [6.45, 7) is 6.82. The van der Waals surface area contributed by atoms with E-state index >= 15 is 0 Å². The van der Waals surface area contributed by atoms with Crippen LogP contribution < -0.4 is 16.1 Å². The number of carbonyl (C=O) groups is 1. The number of piperazine rings is 1. The molecule has 4 heterocycles. The van der Waals surface area contributed by atoms with E-state index in [1.54, 1.807) is 0 Å². The van der Waals surface area contributed by atoms with Gasteiger partial charge < -0.3 is 25.1 Å². The zero-order chi connectivity index (χ0) is 23.7. The van der Waals surface area contributed by atoms with E-state index in [2.05, 4.69) is 20.9 Å². The van der Waals surface area contributed by atoms with Crippen LogP contribution in [0.3, 0.4) is 0 Å². The van der Waals surface area contributed by atoms with Gasteiger partial charge in [0, 0.05) is 78.3 Å². The number of nitrogens with one attached hydrogen (secondary N) is 1. The minimum Gasteiger partial charge on any atom is -0.399 e. The number of rotatable bonds is 2. The van der Waals surface area contributed by atoms with E-state index in [0.29, 0.717) is 30.4 Å². The van der Waals surface area contributed by atoms with Gasteiger partial charge in [-0.2, -0.15) is 0 Å². The van der Waals surface area contributed by atoms with Crippen LogP contribution in [0, 0.1) is 0 Å². The van der Waals surface area contributed by atoms with Crippen molar-refractivity contribution in [3.63, 3.8) is 0 Å². The normalized spacial score (nSPS) is 22.3. The number of H-pyrrole nitrogens is 1. The first-order valence-corrected chi connectivity index (χ1v) is 12.6. The van der Waals surface area contributed by atoms with Crippen molar-refractivity contribution in [2.45, 2.75) is 24.3 Å². The van der Waals surface area contributed by atoms with Crippen molar-refractivity contribution in [2.75, 3.05) is 63.2 Å². The van der Waals surface area contributed by atoms with Crippen LogP contribution in [-0.4, -0.2) is 82.2 Å². The average Bonchev–Trinajstić information content (AvgIpc) is 3.22. The van der Waals surface area contributed by atoms with E-state index < -0.39 is 0 Å². The molecule has 3 aromatic rings. The van der Waals surface area contributed by atoms with Crippen molar-refractivity contribution in [1.82, 2.24) is 9.88 Å². The molecule has 1 aliphatic carbocycles. The summed E-state index contributed by atoms with van der Waals surface area (Å²) in [7, 11) is 6.64. The molecule has 35 heavy (non-hydrogen) atoms. The molecule has 2 aromatic carbocycles. The molecule has 0 bridgehead atoms. The monoisotopic (exact) mass is 468 g/mol. The molecule has 178 valence electrons. The number of fused-ring (bicyclic) bond motifs is 6. The topological polar surface area (TPSA) is 83.8 Å². The van der Waals surface area contributed by atoms with Gasteiger partial charge in [0.2, 0.25) is 0 Å². The Kier molecular flexibility index (Phi) is 4.82. The molecule has 3 saturated heterocycles. The van der Waals surface area contributed by atoms with Gasteiger partial charge in [-0.05, 0) is 36.6 Å². The maximum absolute atomic E-state index is 13.9. The summed E-state index contributed by atoms with van der Waals surface area (Å²) in [5.74, 6) is 0.0381. The minimum absolute atomic E-state index is 0.0381. The quantitative estimate of drug-likeness (QED) is 0.440. The molecule has 0 amide bonds. The van der Waals surface area contributed by atoms with Gasteiger partial charge in [0.1, 0.15) is 7.85 Å². The summed E-state index contributed by atoms with van der Waals surface area (Å²) in [5.41, 5.74) is 12.6. The molecule has 7 nitrogen and oxygen atoms in total. The number of hydrogen-bond acceptors (Lipinski definition) is 6. The molecule has 3 aliphatic heterocycles. The zero-order valence-electron chi connectivity index (χ0n) is 19.8. The van der Waals surface area contributed by atoms with E-state index in [-0.39, 0.29) is 11.2 Å². The van der Waals surface area contributed by atoms with E-state index in [9.17, 15) is 4.79 Å². The lowest BCUT2D eigenvalue weighted by molar-refractivity contribution is -0.0660. The van der Waals surface area contributed by atoms with Crippen LogP contribution in [0.5, 0.6) is 0 Å². The number of aromatic amines is 1. The number of anilines is 2. The van der Waals surface area contributed by atoms with E-state index in [1.165, 1.54) is 0 Å². The molecule has 0 saturated carbocycles. The number of carbonyl (C=O) groups excluding carboxylic acids is 1. The van der Waals surface area contributed by atoms with Crippen LogP contribution in [0.2, 0.25) is 0 Å². The molecule has 2 radical (unpaired) electrons. The number of hydrogen-bond donors (Lipinski definition) is 2. The molecular formula is C27H29BN4O3. The highest BCUT2D eigenvalue weighted by Crippen LogP contribution is 2.50. The fraction of sp³-hybridized carbons (Fsp3) is 0.444. The maximum atomic E-state index is 13.9. The second-order valence-electron chi connectivity index (χ2n) is 10.4. The molecule has 3 N–H and O–H groups in total. The Morgan fingerprint density at radius 2 is 1.80 bits per heavy atom. The molecular weight excluding hydrogens is 439 g/mol. The Morgan fingerprint density at radius 3 is 2.51 bits per heavy atom. The van der Waals surface area contributed by atoms with E-state index in [0.717, 1.165) is 91.2 Å². The Balaban J connectivity index is 1.34. The summed E-state index contributed by atoms with van der Waals surface area (Å²) in [5, 5.41) is 0.925. The third-order valence-corrected chi connectivity index (χ3v) is 8.59. The summed E-state index contributed by atoms with van der Waals surface area (Å²) >= 11 is 0. The molecule has 3 fully saturated rings. The molecule has 0 atom stereocenters. The highest BCUT2D eigenvalue weighted by molar-refractivity contribution is 6.37. The first-order chi connectivity index (χ1) is 17.0. The van der Waals surface area contributed by atoms with E-state index in [4.69, 9.17) is 23.1 Å². The van der Waals surface area contributed by atoms with Crippen molar-refractivity contribution in [3.05, 3.63) is 52.7 Å². The van der Waals surface area contributed by atoms with Crippen LogP contribution in [-0.2, 0) is 14.9 Å². The predicted molar refractivity (Wildman–Crippen MR) is 137 cm³/mol. The summed E-state index contributed by atoms with van der Waals surface area (Å²) < 4.78 is 11.2. The van der Waals surface area contributed by atoms with Crippen molar-refractivity contribution in [3.8, 4) is 0 Å². The van der Waals surface area contributed by atoms with Gasteiger partial charge in [-0.15, -0.1) is 0 Å². The van der Waals surface area contributed by atoms with Gasteiger partial charge in [0.25, 0.3) is 0 Å². The van der Waals surface area contributed by atoms with Crippen molar-refractivity contribution >= 4 is 41.4 Å². The van der Waals surface area contributed by atoms with Gasteiger partial charge in [-0.25, -0.2) is 0 Å². The van der Waals surface area contributed by atoms with Gasteiger partial charge in [0.15, 0.2) is 5.78 Å². The average molecular weight is 468 g/mol. The number of aromatic nitrogens is 1. The van der Waals surface area contributed by atoms with Gasteiger partial charge in [-0.3, -0.25) is 9.69 Å². The second kappa shape index (κ2) is 7.85. The van der Waals surface area contributed by atoms with Crippen LogP contribution in [0.1, 0.15) is 40.0 Å².